The number of fused-ring (bicyclic) bond motifs is 1. The SMILES string of the molecule is CNCCCc1ncc(F)cc1C1CCCN1c1ccn2ncc(C=O)c2n1. The molecule has 1 saturated heterocycles. The van der Waals surface area contributed by atoms with E-state index in [4.69, 9.17) is 0 Å². The van der Waals surface area contributed by atoms with Crippen molar-refractivity contribution in [2.24, 2.45) is 0 Å². The van der Waals surface area contributed by atoms with Gasteiger partial charge in [-0.3, -0.25) is 9.78 Å². The van der Waals surface area contributed by atoms with Crippen LogP contribution in [0.3, 0.4) is 0 Å². The van der Waals surface area contributed by atoms with Crippen LogP contribution in [0.25, 0.3) is 5.65 Å². The Labute approximate surface area is 162 Å². The summed E-state index contributed by atoms with van der Waals surface area (Å²) >= 11 is 0. The Morgan fingerprint density at radius 1 is 1.39 bits per heavy atom. The molecule has 28 heavy (non-hydrogen) atoms. The van der Waals surface area contributed by atoms with Gasteiger partial charge >= 0.3 is 0 Å². The molecule has 1 unspecified atom stereocenters. The number of hydrogen-bond acceptors (Lipinski definition) is 6. The molecule has 0 aliphatic carbocycles. The highest BCUT2D eigenvalue weighted by molar-refractivity contribution is 5.84. The van der Waals surface area contributed by atoms with Crippen LogP contribution < -0.4 is 10.2 Å². The molecule has 4 rings (SSSR count). The largest absolute Gasteiger partial charge is 0.349 e. The zero-order chi connectivity index (χ0) is 19.5. The Balaban J connectivity index is 1.69. The number of carbonyl (C=O) groups excluding carboxylic acids is 1. The molecule has 1 N–H and O–H groups in total. The number of anilines is 1. The molecule has 7 nitrogen and oxygen atoms in total. The van der Waals surface area contributed by atoms with Crippen LogP contribution in [0.1, 0.15) is 46.9 Å². The van der Waals surface area contributed by atoms with E-state index in [0.29, 0.717) is 11.2 Å². The summed E-state index contributed by atoms with van der Waals surface area (Å²) in [5, 5.41) is 7.28. The molecule has 0 radical (unpaired) electrons. The fraction of sp³-hybridized carbons (Fsp3) is 0.400. The fourth-order valence-corrected chi connectivity index (χ4v) is 3.90. The van der Waals surface area contributed by atoms with Crippen LogP contribution in [0.2, 0.25) is 0 Å². The molecule has 0 amide bonds. The lowest BCUT2D eigenvalue weighted by molar-refractivity contribution is 0.112. The number of halogens is 1. The molecule has 1 aliphatic rings. The van der Waals surface area contributed by atoms with E-state index in [-0.39, 0.29) is 11.9 Å². The van der Waals surface area contributed by atoms with Gasteiger partial charge in [0.05, 0.1) is 24.0 Å². The lowest BCUT2D eigenvalue weighted by Crippen LogP contribution is -2.25. The number of aryl methyl sites for hydroxylation is 1. The first-order chi connectivity index (χ1) is 13.7. The number of carbonyl (C=O) groups is 1. The summed E-state index contributed by atoms with van der Waals surface area (Å²) in [5.74, 6) is 0.450. The molecule has 0 spiro atoms. The molecule has 4 heterocycles. The molecule has 146 valence electrons. The Morgan fingerprint density at radius 3 is 3.11 bits per heavy atom. The van der Waals surface area contributed by atoms with Crippen LogP contribution in [-0.4, -0.2) is 46.0 Å². The summed E-state index contributed by atoms with van der Waals surface area (Å²) in [4.78, 5) is 22.5. The monoisotopic (exact) mass is 382 g/mol. The van der Waals surface area contributed by atoms with Gasteiger partial charge in [0.2, 0.25) is 0 Å². The molecule has 8 heteroatoms. The lowest BCUT2D eigenvalue weighted by atomic mass is 10.00. The molecule has 0 saturated carbocycles. The second-order valence-corrected chi connectivity index (χ2v) is 7.02. The molecule has 1 atom stereocenters. The second-order valence-electron chi connectivity index (χ2n) is 7.02. The topological polar surface area (TPSA) is 75.4 Å². The third kappa shape index (κ3) is 3.47. The lowest BCUT2D eigenvalue weighted by Gasteiger charge is -2.27. The van der Waals surface area contributed by atoms with Crippen LogP contribution in [-0.2, 0) is 6.42 Å². The number of aldehydes is 1. The number of nitrogens with one attached hydrogen (secondary N) is 1. The quantitative estimate of drug-likeness (QED) is 0.500. The molecule has 0 bridgehead atoms. The van der Waals surface area contributed by atoms with Gasteiger partial charge in [0.15, 0.2) is 11.9 Å². The fourth-order valence-electron chi connectivity index (χ4n) is 3.90. The Hall–Kier alpha value is -2.87. The highest BCUT2D eigenvalue weighted by Crippen LogP contribution is 2.37. The number of pyridine rings is 1. The molecule has 3 aromatic heterocycles. The van der Waals surface area contributed by atoms with Crippen LogP contribution in [0.5, 0.6) is 0 Å². The minimum atomic E-state index is -0.318. The highest BCUT2D eigenvalue weighted by Gasteiger charge is 2.30. The first-order valence-electron chi connectivity index (χ1n) is 9.56. The smallest absolute Gasteiger partial charge is 0.167 e. The molecular weight excluding hydrogens is 359 g/mol. The van der Waals surface area contributed by atoms with E-state index in [2.05, 4.69) is 25.3 Å². The number of nitrogens with zero attached hydrogens (tertiary/aromatic N) is 5. The van der Waals surface area contributed by atoms with E-state index in [0.717, 1.165) is 62.1 Å². The van der Waals surface area contributed by atoms with Crippen molar-refractivity contribution in [3.63, 3.8) is 0 Å². The van der Waals surface area contributed by atoms with Gasteiger partial charge in [-0.05, 0) is 57.0 Å². The van der Waals surface area contributed by atoms with Crippen LogP contribution in [0.4, 0.5) is 10.2 Å². The Bertz CT molecular complexity index is 988. The van der Waals surface area contributed by atoms with Crippen LogP contribution in [0, 0.1) is 5.82 Å². The minimum Gasteiger partial charge on any atom is -0.349 e. The van der Waals surface area contributed by atoms with Gasteiger partial charge in [-0.15, -0.1) is 0 Å². The predicted molar refractivity (Wildman–Crippen MR) is 104 cm³/mol. The molecule has 3 aromatic rings. The average Bonchev–Trinajstić information content (AvgIpc) is 3.35. The second kappa shape index (κ2) is 8.02. The Morgan fingerprint density at radius 2 is 2.29 bits per heavy atom. The molecular formula is C20H23FN6O. The van der Waals surface area contributed by atoms with Crippen LogP contribution >= 0.6 is 0 Å². The highest BCUT2D eigenvalue weighted by atomic mass is 19.1. The minimum absolute atomic E-state index is 0.0188. The van der Waals surface area contributed by atoms with Gasteiger partial charge in [0.1, 0.15) is 11.6 Å². The van der Waals surface area contributed by atoms with Crippen molar-refractivity contribution in [2.75, 3.05) is 25.0 Å². The first kappa shape index (κ1) is 18.5. The van der Waals surface area contributed by atoms with E-state index < -0.39 is 0 Å². The van der Waals surface area contributed by atoms with Gasteiger partial charge in [-0.1, -0.05) is 0 Å². The zero-order valence-corrected chi connectivity index (χ0v) is 15.8. The maximum absolute atomic E-state index is 14.0. The van der Waals surface area contributed by atoms with E-state index in [1.54, 1.807) is 16.8 Å². The Kier molecular flexibility index (Phi) is 5.29. The summed E-state index contributed by atoms with van der Waals surface area (Å²) in [6.45, 7) is 1.71. The summed E-state index contributed by atoms with van der Waals surface area (Å²) < 4.78 is 15.6. The van der Waals surface area contributed by atoms with Gasteiger partial charge in [0, 0.05) is 18.4 Å². The van der Waals surface area contributed by atoms with Crippen molar-refractivity contribution in [2.45, 2.75) is 31.7 Å². The van der Waals surface area contributed by atoms with E-state index in [1.807, 2.05) is 13.1 Å². The van der Waals surface area contributed by atoms with E-state index >= 15 is 0 Å². The van der Waals surface area contributed by atoms with E-state index in [1.165, 1.54) is 12.4 Å². The predicted octanol–water partition coefficient (Wildman–Crippen LogP) is 2.57. The van der Waals surface area contributed by atoms with Crippen molar-refractivity contribution >= 4 is 17.8 Å². The maximum Gasteiger partial charge on any atom is 0.167 e. The van der Waals surface area contributed by atoms with Crippen molar-refractivity contribution in [1.82, 2.24) is 24.9 Å². The first-order valence-corrected chi connectivity index (χ1v) is 9.56. The maximum atomic E-state index is 14.0. The summed E-state index contributed by atoms with van der Waals surface area (Å²) in [6.07, 6.45) is 9.01. The third-order valence-corrected chi connectivity index (χ3v) is 5.23. The van der Waals surface area contributed by atoms with E-state index in [9.17, 15) is 9.18 Å². The number of aromatic nitrogens is 4. The van der Waals surface area contributed by atoms with Gasteiger partial charge < -0.3 is 10.2 Å². The van der Waals surface area contributed by atoms with Crippen molar-refractivity contribution in [3.8, 4) is 0 Å². The molecule has 1 fully saturated rings. The zero-order valence-electron chi connectivity index (χ0n) is 15.8. The van der Waals surface area contributed by atoms with Crippen molar-refractivity contribution in [1.29, 1.82) is 0 Å². The van der Waals surface area contributed by atoms with Crippen molar-refractivity contribution < 1.29 is 9.18 Å². The van der Waals surface area contributed by atoms with Crippen molar-refractivity contribution in [3.05, 3.63) is 53.4 Å². The standard InChI is InChI=1S/C20H23FN6O/c1-22-7-2-4-17-16(10-15(21)12-23-17)18-5-3-8-26(18)19-6-9-27-20(25-19)14(13-28)11-24-27/h6,9-13,18,22H,2-5,7-8H2,1H3. The molecule has 0 aromatic carbocycles. The summed E-state index contributed by atoms with van der Waals surface area (Å²) in [7, 11) is 1.92. The van der Waals surface area contributed by atoms with Gasteiger partial charge in [-0.2, -0.15) is 5.10 Å². The van der Waals surface area contributed by atoms with Gasteiger partial charge in [-0.25, -0.2) is 13.9 Å². The number of hydrogen-bond donors (Lipinski definition) is 1. The normalized spacial score (nSPS) is 16.8. The third-order valence-electron chi connectivity index (χ3n) is 5.23. The summed E-state index contributed by atoms with van der Waals surface area (Å²) in [5.41, 5.74) is 2.86. The summed E-state index contributed by atoms with van der Waals surface area (Å²) in [6, 6.07) is 3.52. The molecule has 1 aliphatic heterocycles. The van der Waals surface area contributed by atoms with Crippen LogP contribution in [0.15, 0.2) is 30.7 Å². The average molecular weight is 382 g/mol. The number of rotatable bonds is 7. The van der Waals surface area contributed by atoms with Gasteiger partial charge in [0.25, 0.3) is 0 Å².